The number of nitrogens with two attached hydrogens (primary N) is 1. The van der Waals surface area contributed by atoms with Crippen molar-refractivity contribution in [1.82, 2.24) is 9.88 Å². The van der Waals surface area contributed by atoms with Crippen LogP contribution in [-0.4, -0.2) is 47.2 Å². The maximum atomic E-state index is 12.3. The number of H-pyrrole nitrogens is 1. The van der Waals surface area contributed by atoms with E-state index in [0.717, 1.165) is 25.9 Å². The molecular formula is C18H19N3O4. The third-order valence-electron chi connectivity index (χ3n) is 4.14. The second-order valence-corrected chi connectivity index (χ2v) is 5.87. The predicted octanol–water partition coefficient (Wildman–Crippen LogP) is 1.61. The summed E-state index contributed by atoms with van der Waals surface area (Å²) in [4.78, 5) is 40.5. The lowest BCUT2D eigenvalue weighted by molar-refractivity contribution is 0.0787. The Hall–Kier alpha value is -3.09. The largest absolute Gasteiger partial charge is 0.485 e. The summed E-state index contributed by atoms with van der Waals surface area (Å²) in [5.41, 5.74) is 6.25. The number of ketones is 1. The number of carbonyl (C=O) groups excluding carboxylic acids is 3. The lowest BCUT2D eigenvalue weighted by atomic mass is 10.2. The number of benzene rings is 1. The Bertz CT molecular complexity index is 806. The molecule has 2 heterocycles. The molecule has 0 spiro atoms. The van der Waals surface area contributed by atoms with E-state index >= 15 is 0 Å². The van der Waals surface area contributed by atoms with Crippen LogP contribution in [0.2, 0.25) is 0 Å². The topological polar surface area (TPSA) is 105 Å². The van der Waals surface area contributed by atoms with E-state index in [4.69, 9.17) is 10.5 Å². The van der Waals surface area contributed by atoms with Gasteiger partial charge in [0.05, 0.1) is 5.56 Å². The van der Waals surface area contributed by atoms with E-state index in [1.54, 1.807) is 23.1 Å². The average molecular weight is 341 g/mol. The summed E-state index contributed by atoms with van der Waals surface area (Å²) < 4.78 is 5.42. The number of ether oxygens (including phenoxy) is 1. The summed E-state index contributed by atoms with van der Waals surface area (Å²) >= 11 is 0. The lowest BCUT2D eigenvalue weighted by Gasteiger charge is -2.13. The minimum Gasteiger partial charge on any atom is -0.485 e. The third-order valence-corrected chi connectivity index (χ3v) is 4.14. The van der Waals surface area contributed by atoms with Gasteiger partial charge in [0.25, 0.3) is 11.8 Å². The summed E-state index contributed by atoms with van der Waals surface area (Å²) in [6.07, 6.45) is 3.51. The summed E-state index contributed by atoms with van der Waals surface area (Å²) in [7, 11) is 0. The fourth-order valence-corrected chi connectivity index (χ4v) is 2.79. The first kappa shape index (κ1) is 16.8. The summed E-state index contributed by atoms with van der Waals surface area (Å²) in [5, 5.41) is 0. The van der Waals surface area contributed by atoms with Crippen LogP contribution in [0, 0.1) is 0 Å². The summed E-state index contributed by atoms with van der Waals surface area (Å²) in [6.45, 7) is 1.24. The number of aromatic amines is 1. The minimum atomic E-state index is -0.622. The molecule has 2 aromatic rings. The van der Waals surface area contributed by atoms with Crippen molar-refractivity contribution in [2.45, 2.75) is 12.8 Å². The molecule has 0 atom stereocenters. The highest BCUT2D eigenvalue weighted by Crippen LogP contribution is 2.18. The van der Waals surface area contributed by atoms with Crippen molar-refractivity contribution in [3.05, 3.63) is 53.3 Å². The van der Waals surface area contributed by atoms with Gasteiger partial charge in [-0.05, 0) is 31.0 Å². The molecule has 1 aromatic heterocycles. The monoisotopic (exact) mass is 341 g/mol. The molecule has 7 heteroatoms. The fraction of sp³-hybridized carbons (Fsp3) is 0.278. The first-order chi connectivity index (χ1) is 12.1. The number of nitrogens with zero attached hydrogens (tertiary/aromatic N) is 1. The number of aromatic nitrogens is 1. The van der Waals surface area contributed by atoms with Gasteiger partial charge in [0, 0.05) is 24.8 Å². The smallest absolute Gasteiger partial charge is 0.270 e. The molecule has 0 radical (unpaired) electrons. The molecule has 1 saturated heterocycles. The van der Waals surface area contributed by atoms with Crippen LogP contribution >= 0.6 is 0 Å². The molecule has 0 saturated carbocycles. The molecule has 1 aliphatic rings. The SMILES string of the molecule is NC(=O)c1ccccc1OCC(=O)c1c[nH]c(C(=O)N2CCCC2)c1. The van der Waals surface area contributed by atoms with Crippen LogP contribution in [0.1, 0.15) is 44.0 Å². The standard InChI is InChI=1S/C18H19N3O4/c19-17(23)13-5-1-2-6-16(13)25-11-15(22)12-9-14(20-10-12)18(24)21-7-3-4-8-21/h1-2,5-6,9-10,20H,3-4,7-8,11H2,(H2,19,23). The maximum absolute atomic E-state index is 12.3. The van der Waals surface area contributed by atoms with Gasteiger partial charge in [-0.3, -0.25) is 14.4 Å². The number of amides is 2. The van der Waals surface area contributed by atoms with Crippen molar-refractivity contribution in [2.24, 2.45) is 5.73 Å². The van der Waals surface area contributed by atoms with Crippen LogP contribution in [0.25, 0.3) is 0 Å². The third kappa shape index (κ3) is 3.71. The van der Waals surface area contributed by atoms with E-state index in [2.05, 4.69) is 4.98 Å². The van der Waals surface area contributed by atoms with Crippen LogP contribution in [-0.2, 0) is 0 Å². The van der Waals surface area contributed by atoms with E-state index in [1.807, 2.05) is 0 Å². The number of hydrogen-bond donors (Lipinski definition) is 2. The molecule has 0 bridgehead atoms. The normalized spacial score (nSPS) is 13.7. The summed E-state index contributed by atoms with van der Waals surface area (Å²) in [5.74, 6) is -0.761. The van der Waals surface area contributed by atoms with Crippen molar-refractivity contribution in [2.75, 3.05) is 19.7 Å². The highest BCUT2D eigenvalue weighted by molar-refractivity contribution is 6.01. The molecule has 1 aliphatic heterocycles. The Morgan fingerprint density at radius 3 is 2.60 bits per heavy atom. The van der Waals surface area contributed by atoms with Crippen molar-refractivity contribution >= 4 is 17.6 Å². The van der Waals surface area contributed by atoms with Crippen molar-refractivity contribution in [3.63, 3.8) is 0 Å². The number of para-hydroxylation sites is 1. The van der Waals surface area contributed by atoms with Gasteiger partial charge in [-0.1, -0.05) is 12.1 Å². The van der Waals surface area contributed by atoms with Gasteiger partial charge in [-0.2, -0.15) is 0 Å². The van der Waals surface area contributed by atoms with Crippen LogP contribution in [0.15, 0.2) is 36.5 Å². The van der Waals surface area contributed by atoms with Crippen molar-refractivity contribution < 1.29 is 19.1 Å². The van der Waals surface area contributed by atoms with Gasteiger partial charge >= 0.3 is 0 Å². The molecule has 3 N–H and O–H groups in total. The molecule has 2 amide bonds. The van der Waals surface area contributed by atoms with Gasteiger partial charge in [-0.15, -0.1) is 0 Å². The Labute approximate surface area is 144 Å². The van der Waals surface area contributed by atoms with E-state index in [0.29, 0.717) is 11.3 Å². The maximum Gasteiger partial charge on any atom is 0.270 e. The van der Waals surface area contributed by atoms with E-state index in [-0.39, 0.29) is 29.6 Å². The molecule has 3 rings (SSSR count). The number of likely N-dealkylation sites (tertiary alicyclic amines) is 1. The van der Waals surface area contributed by atoms with Crippen molar-refractivity contribution in [3.8, 4) is 5.75 Å². The molecular weight excluding hydrogens is 322 g/mol. The number of rotatable bonds is 6. The number of primary amides is 1. The lowest BCUT2D eigenvalue weighted by Crippen LogP contribution is -2.27. The van der Waals surface area contributed by atoms with Crippen LogP contribution in [0.4, 0.5) is 0 Å². The zero-order chi connectivity index (χ0) is 17.8. The van der Waals surface area contributed by atoms with Gasteiger partial charge in [0.15, 0.2) is 6.61 Å². The molecule has 1 fully saturated rings. The predicted molar refractivity (Wildman–Crippen MR) is 90.7 cm³/mol. The van der Waals surface area contributed by atoms with Gasteiger partial charge in [-0.25, -0.2) is 0 Å². The Morgan fingerprint density at radius 2 is 1.88 bits per heavy atom. The quantitative estimate of drug-likeness (QED) is 0.779. The molecule has 25 heavy (non-hydrogen) atoms. The minimum absolute atomic E-state index is 0.100. The highest BCUT2D eigenvalue weighted by atomic mass is 16.5. The van der Waals surface area contributed by atoms with E-state index in [9.17, 15) is 14.4 Å². The number of hydrogen-bond acceptors (Lipinski definition) is 4. The van der Waals surface area contributed by atoms with Crippen molar-refractivity contribution in [1.29, 1.82) is 0 Å². The number of nitrogens with one attached hydrogen (secondary N) is 1. The van der Waals surface area contributed by atoms with Crippen LogP contribution in [0.5, 0.6) is 5.75 Å². The molecule has 7 nitrogen and oxygen atoms in total. The first-order valence-electron chi connectivity index (χ1n) is 8.09. The molecule has 0 unspecified atom stereocenters. The second kappa shape index (κ2) is 7.21. The van der Waals surface area contributed by atoms with Crippen LogP contribution < -0.4 is 10.5 Å². The molecule has 130 valence electrons. The zero-order valence-corrected chi connectivity index (χ0v) is 13.7. The Morgan fingerprint density at radius 1 is 1.16 bits per heavy atom. The number of carbonyl (C=O) groups is 3. The Balaban J connectivity index is 1.64. The average Bonchev–Trinajstić information content (AvgIpc) is 3.30. The van der Waals surface area contributed by atoms with E-state index in [1.165, 1.54) is 18.3 Å². The van der Waals surface area contributed by atoms with Gasteiger partial charge < -0.3 is 20.4 Å². The first-order valence-corrected chi connectivity index (χ1v) is 8.09. The second-order valence-electron chi connectivity index (χ2n) is 5.87. The van der Waals surface area contributed by atoms with Gasteiger partial charge in [0.1, 0.15) is 11.4 Å². The van der Waals surface area contributed by atoms with Gasteiger partial charge in [0.2, 0.25) is 5.78 Å². The fourth-order valence-electron chi connectivity index (χ4n) is 2.79. The van der Waals surface area contributed by atoms with Crippen LogP contribution in [0.3, 0.4) is 0 Å². The highest BCUT2D eigenvalue weighted by Gasteiger charge is 2.22. The Kier molecular flexibility index (Phi) is 4.83. The summed E-state index contributed by atoms with van der Waals surface area (Å²) in [6, 6.07) is 8.00. The molecule has 1 aromatic carbocycles. The number of Topliss-reactive ketones (excluding diaryl/α,β-unsaturated/α-hetero) is 1. The zero-order valence-electron chi connectivity index (χ0n) is 13.7. The molecule has 0 aliphatic carbocycles. The van der Waals surface area contributed by atoms with E-state index < -0.39 is 5.91 Å².